The first-order valence-electron chi connectivity index (χ1n) is 6.95. The monoisotopic (exact) mass is 312 g/mol. The van der Waals surface area contributed by atoms with Gasteiger partial charge in [-0.3, -0.25) is 10.1 Å². The zero-order valence-corrected chi connectivity index (χ0v) is 12.7. The summed E-state index contributed by atoms with van der Waals surface area (Å²) >= 11 is 1.11. The number of hydrogen-bond donors (Lipinski definition) is 4. The van der Waals surface area contributed by atoms with Gasteiger partial charge in [-0.1, -0.05) is 31.5 Å². The molecule has 2 atom stereocenters. The van der Waals surface area contributed by atoms with Crippen molar-refractivity contribution in [1.82, 2.24) is 25.8 Å². The lowest BCUT2D eigenvalue weighted by Gasteiger charge is -2.29. The standard InChI is InChI=1S/C12H20N6O2S/c1-7-4-2-3-5-8(7)14-11(20)15-9(19)6-21-12-16-10(13)17-18-12/h7-8H,2-6H2,1H3,(H3,13,16,17,18)(H2,14,15,19,20)/t7-,8-/m0/s1. The molecule has 1 heterocycles. The van der Waals surface area contributed by atoms with Crippen molar-refractivity contribution in [2.24, 2.45) is 5.92 Å². The number of aromatic amines is 1. The first kappa shape index (κ1) is 15.6. The summed E-state index contributed by atoms with van der Waals surface area (Å²) in [4.78, 5) is 27.3. The quantitative estimate of drug-likeness (QED) is 0.612. The zero-order chi connectivity index (χ0) is 15.2. The van der Waals surface area contributed by atoms with E-state index in [-0.39, 0.29) is 23.7 Å². The van der Waals surface area contributed by atoms with Gasteiger partial charge in [-0.15, -0.1) is 5.10 Å². The molecule has 1 aliphatic carbocycles. The highest BCUT2D eigenvalue weighted by atomic mass is 32.2. The number of nitrogen functional groups attached to an aromatic ring is 1. The molecule has 1 fully saturated rings. The van der Waals surface area contributed by atoms with Gasteiger partial charge in [-0.2, -0.15) is 4.98 Å². The predicted molar refractivity (Wildman–Crippen MR) is 79.6 cm³/mol. The van der Waals surface area contributed by atoms with Gasteiger partial charge in [0, 0.05) is 6.04 Å². The Hall–Kier alpha value is -1.77. The molecule has 0 aromatic carbocycles. The van der Waals surface area contributed by atoms with Gasteiger partial charge in [0.15, 0.2) is 0 Å². The zero-order valence-electron chi connectivity index (χ0n) is 11.9. The largest absolute Gasteiger partial charge is 0.368 e. The molecule has 1 aromatic rings. The van der Waals surface area contributed by atoms with Crippen molar-refractivity contribution in [2.45, 2.75) is 43.8 Å². The number of nitrogens with one attached hydrogen (secondary N) is 3. The Morgan fingerprint density at radius 2 is 2.19 bits per heavy atom. The SMILES string of the molecule is C[C@H]1CCCC[C@@H]1NC(=O)NC(=O)CSc1n[nH]c(N)n1. The number of amides is 3. The molecule has 9 heteroatoms. The number of imide groups is 1. The topological polar surface area (TPSA) is 126 Å². The van der Waals surface area contributed by atoms with Crippen molar-refractivity contribution >= 4 is 29.6 Å². The first-order valence-corrected chi connectivity index (χ1v) is 7.94. The number of H-pyrrole nitrogens is 1. The van der Waals surface area contributed by atoms with Gasteiger partial charge in [0.25, 0.3) is 0 Å². The van der Waals surface area contributed by atoms with Crippen molar-refractivity contribution in [2.75, 3.05) is 11.5 Å². The van der Waals surface area contributed by atoms with Crippen LogP contribution >= 0.6 is 11.8 Å². The van der Waals surface area contributed by atoms with Crippen LogP contribution in [0.3, 0.4) is 0 Å². The van der Waals surface area contributed by atoms with Crippen molar-refractivity contribution in [3.8, 4) is 0 Å². The number of rotatable bonds is 4. The van der Waals surface area contributed by atoms with Gasteiger partial charge in [-0.05, 0) is 18.8 Å². The van der Waals surface area contributed by atoms with Crippen LogP contribution in [0.2, 0.25) is 0 Å². The van der Waals surface area contributed by atoms with Crippen LogP contribution in [0.15, 0.2) is 5.16 Å². The number of thioether (sulfide) groups is 1. The number of nitrogens with two attached hydrogens (primary N) is 1. The Bertz CT molecular complexity index is 506. The van der Waals surface area contributed by atoms with Crippen LogP contribution in [0, 0.1) is 5.92 Å². The smallest absolute Gasteiger partial charge is 0.321 e. The molecule has 5 N–H and O–H groups in total. The van der Waals surface area contributed by atoms with Crippen LogP contribution in [0.5, 0.6) is 0 Å². The molecule has 0 spiro atoms. The summed E-state index contributed by atoms with van der Waals surface area (Å²) in [6.07, 6.45) is 4.40. The fourth-order valence-electron chi connectivity index (χ4n) is 2.35. The van der Waals surface area contributed by atoms with Crippen LogP contribution in [-0.2, 0) is 4.79 Å². The Balaban J connectivity index is 1.70. The third-order valence-corrected chi connectivity index (χ3v) is 4.34. The molecule has 3 amide bonds. The molecule has 8 nitrogen and oxygen atoms in total. The first-order chi connectivity index (χ1) is 10.0. The highest BCUT2D eigenvalue weighted by molar-refractivity contribution is 7.99. The third kappa shape index (κ3) is 4.92. The summed E-state index contributed by atoms with van der Waals surface area (Å²) in [6, 6.07) is -0.291. The summed E-state index contributed by atoms with van der Waals surface area (Å²) in [7, 11) is 0. The van der Waals surface area contributed by atoms with Crippen LogP contribution in [0.1, 0.15) is 32.6 Å². The number of anilines is 1. The second-order valence-corrected chi connectivity index (χ2v) is 6.12. The average molecular weight is 312 g/mol. The van der Waals surface area contributed by atoms with E-state index in [0.717, 1.165) is 31.0 Å². The molecule has 0 unspecified atom stereocenters. The fourth-order valence-corrected chi connectivity index (χ4v) is 2.96. The number of nitrogens with zero attached hydrogens (tertiary/aromatic N) is 2. The van der Waals surface area contributed by atoms with E-state index < -0.39 is 6.03 Å². The number of carbonyl (C=O) groups excluding carboxylic acids is 2. The van der Waals surface area contributed by atoms with E-state index in [4.69, 9.17) is 5.73 Å². The second kappa shape index (κ2) is 7.30. The van der Waals surface area contributed by atoms with Gasteiger partial charge < -0.3 is 11.1 Å². The van der Waals surface area contributed by atoms with E-state index >= 15 is 0 Å². The highest BCUT2D eigenvalue weighted by Gasteiger charge is 2.23. The molecule has 1 saturated carbocycles. The minimum Gasteiger partial charge on any atom is -0.368 e. The molecule has 2 rings (SSSR count). The molecule has 0 radical (unpaired) electrons. The molecule has 21 heavy (non-hydrogen) atoms. The summed E-state index contributed by atoms with van der Waals surface area (Å²) in [5.41, 5.74) is 5.38. The Kier molecular flexibility index (Phi) is 5.43. The van der Waals surface area contributed by atoms with Crippen LogP contribution in [-0.4, -0.2) is 38.9 Å². The number of hydrogen-bond acceptors (Lipinski definition) is 6. The molecule has 0 saturated heterocycles. The van der Waals surface area contributed by atoms with Crippen molar-refractivity contribution < 1.29 is 9.59 Å². The molecule has 0 bridgehead atoms. The Labute approximate surface area is 127 Å². The number of urea groups is 1. The van der Waals surface area contributed by atoms with Crippen molar-refractivity contribution in [1.29, 1.82) is 0 Å². The van der Waals surface area contributed by atoms with Gasteiger partial charge in [0.05, 0.1) is 5.75 Å². The molecule has 0 aliphatic heterocycles. The summed E-state index contributed by atoms with van der Waals surface area (Å²) in [5, 5.41) is 11.8. The maximum atomic E-state index is 11.8. The molecule has 1 aromatic heterocycles. The molecule has 1 aliphatic rings. The minimum atomic E-state index is -0.436. The van der Waals surface area contributed by atoms with E-state index in [2.05, 4.69) is 32.7 Å². The normalized spacial score (nSPS) is 21.8. The lowest BCUT2D eigenvalue weighted by Crippen LogP contribution is -2.48. The molecular formula is C12H20N6O2S. The van der Waals surface area contributed by atoms with E-state index in [1.807, 2.05) is 0 Å². The number of carbonyl (C=O) groups is 2. The maximum Gasteiger partial charge on any atom is 0.321 e. The Morgan fingerprint density at radius 1 is 1.43 bits per heavy atom. The van der Waals surface area contributed by atoms with Crippen LogP contribution < -0.4 is 16.4 Å². The van der Waals surface area contributed by atoms with Gasteiger partial charge in [-0.25, -0.2) is 9.89 Å². The van der Waals surface area contributed by atoms with Crippen LogP contribution in [0.25, 0.3) is 0 Å². The van der Waals surface area contributed by atoms with Gasteiger partial charge in [0.2, 0.25) is 17.0 Å². The van der Waals surface area contributed by atoms with Crippen LogP contribution in [0.4, 0.5) is 10.7 Å². The summed E-state index contributed by atoms with van der Waals surface area (Å²) in [5.74, 6) is 0.321. The highest BCUT2D eigenvalue weighted by Crippen LogP contribution is 2.23. The van der Waals surface area contributed by atoms with E-state index in [1.54, 1.807) is 0 Å². The van der Waals surface area contributed by atoms with Crippen molar-refractivity contribution in [3.63, 3.8) is 0 Å². The van der Waals surface area contributed by atoms with Gasteiger partial charge in [0.1, 0.15) is 0 Å². The average Bonchev–Trinajstić information content (AvgIpc) is 2.85. The second-order valence-electron chi connectivity index (χ2n) is 5.18. The Morgan fingerprint density at radius 3 is 2.86 bits per heavy atom. The summed E-state index contributed by atoms with van der Waals surface area (Å²) in [6.45, 7) is 2.12. The molecule has 116 valence electrons. The maximum absolute atomic E-state index is 11.8. The van der Waals surface area contributed by atoms with Gasteiger partial charge >= 0.3 is 6.03 Å². The lowest BCUT2D eigenvalue weighted by atomic mass is 9.86. The van der Waals surface area contributed by atoms with E-state index in [9.17, 15) is 9.59 Å². The summed E-state index contributed by atoms with van der Waals surface area (Å²) < 4.78 is 0. The fraction of sp³-hybridized carbons (Fsp3) is 0.667. The van der Waals surface area contributed by atoms with Crippen molar-refractivity contribution in [3.05, 3.63) is 0 Å². The molecular weight excluding hydrogens is 292 g/mol. The number of aromatic nitrogens is 3. The van der Waals surface area contributed by atoms with E-state index in [1.165, 1.54) is 6.42 Å². The third-order valence-electron chi connectivity index (χ3n) is 3.50. The lowest BCUT2D eigenvalue weighted by molar-refractivity contribution is -0.117. The minimum absolute atomic E-state index is 0.0604. The predicted octanol–water partition coefficient (Wildman–Crippen LogP) is 0.884. The van der Waals surface area contributed by atoms with E-state index in [0.29, 0.717) is 11.1 Å².